The highest BCUT2D eigenvalue weighted by molar-refractivity contribution is 5.29. The van der Waals surface area contributed by atoms with Crippen LogP contribution in [-0.2, 0) is 0 Å². The Bertz CT molecular complexity index is 414. The summed E-state index contributed by atoms with van der Waals surface area (Å²) in [6.07, 6.45) is 5.81. The largest absolute Gasteiger partial charge is 0.493 e. The highest BCUT2D eigenvalue weighted by Gasteiger charge is 2.35. The van der Waals surface area contributed by atoms with Crippen LogP contribution in [0, 0.1) is 11.8 Å². The van der Waals surface area contributed by atoms with Gasteiger partial charge in [-0.15, -0.1) is 0 Å². The molecule has 4 nitrogen and oxygen atoms in total. The van der Waals surface area contributed by atoms with Gasteiger partial charge in [-0.1, -0.05) is 19.8 Å². The first-order chi connectivity index (χ1) is 9.10. The second-order valence-corrected chi connectivity index (χ2v) is 5.97. The molecule has 0 spiro atoms. The number of rotatable bonds is 5. The fourth-order valence-electron chi connectivity index (χ4n) is 3.44. The van der Waals surface area contributed by atoms with Gasteiger partial charge in [0.2, 0.25) is 0 Å². The Morgan fingerprint density at radius 2 is 2.16 bits per heavy atom. The van der Waals surface area contributed by atoms with Gasteiger partial charge in [0.1, 0.15) is 0 Å². The van der Waals surface area contributed by atoms with Crippen molar-refractivity contribution in [3.8, 4) is 5.75 Å². The van der Waals surface area contributed by atoms with E-state index in [0.717, 1.165) is 11.7 Å². The maximum absolute atomic E-state index is 5.53. The minimum Gasteiger partial charge on any atom is -0.493 e. The first-order valence-electron chi connectivity index (χ1n) is 7.38. The molecule has 1 saturated carbocycles. The fraction of sp³-hybridized carbons (Fsp3) is 0.800. The molecule has 1 fully saturated rings. The molecule has 0 aromatic carbocycles. The lowest BCUT2D eigenvalue weighted by Gasteiger charge is -2.28. The zero-order chi connectivity index (χ0) is 14.0. The fourth-order valence-corrected chi connectivity index (χ4v) is 3.44. The Kier molecular flexibility index (Phi) is 4.50. The predicted octanol–water partition coefficient (Wildman–Crippen LogP) is 3.17. The molecule has 1 aromatic rings. The van der Waals surface area contributed by atoms with Crippen molar-refractivity contribution in [2.75, 3.05) is 14.2 Å². The van der Waals surface area contributed by atoms with Crippen molar-refractivity contribution in [3.05, 3.63) is 11.9 Å². The minimum absolute atomic E-state index is 0.331. The van der Waals surface area contributed by atoms with E-state index in [1.807, 2.05) is 13.2 Å². The Labute approximate surface area is 116 Å². The van der Waals surface area contributed by atoms with Gasteiger partial charge in [0.05, 0.1) is 25.0 Å². The lowest BCUT2D eigenvalue weighted by atomic mass is 9.88. The molecule has 0 radical (unpaired) electrons. The third-order valence-electron chi connectivity index (χ3n) is 4.47. The molecule has 1 N–H and O–H groups in total. The van der Waals surface area contributed by atoms with E-state index in [0.29, 0.717) is 18.0 Å². The number of ether oxygens (including phenoxy) is 1. The van der Waals surface area contributed by atoms with Crippen LogP contribution in [0.2, 0.25) is 0 Å². The van der Waals surface area contributed by atoms with E-state index in [2.05, 4.69) is 35.9 Å². The molecule has 1 heterocycles. The molecule has 1 aromatic heterocycles. The Hall–Kier alpha value is -1.03. The average Bonchev–Trinajstić information content (AvgIpc) is 2.98. The highest BCUT2D eigenvalue weighted by Crippen LogP contribution is 2.42. The first kappa shape index (κ1) is 14.4. The van der Waals surface area contributed by atoms with Crippen molar-refractivity contribution in [1.82, 2.24) is 15.1 Å². The molecular formula is C15H27N3O. The normalized spacial score (nSPS) is 24.9. The quantitative estimate of drug-likeness (QED) is 0.888. The van der Waals surface area contributed by atoms with Gasteiger partial charge in [-0.25, -0.2) is 0 Å². The van der Waals surface area contributed by atoms with Crippen LogP contribution in [0.3, 0.4) is 0 Å². The Balaban J connectivity index is 2.38. The first-order valence-corrected chi connectivity index (χ1v) is 7.38. The number of nitrogens with zero attached hydrogens (tertiary/aromatic N) is 2. The van der Waals surface area contributed by atoms with E-state index in [1.165, 1.54) is 25.0 Å². The van der Waals surface area contributed by atoms with Crippen LogP contribution >= 0.6 is 0 Å². The summed E-state index contributed by atoms with van der Waals surface area (Å²) in [6.45, 7) is 6.70. The van der Waals surface area contributed by atoms with Gasteiger partial charge in [-0.3, -0.25) is 4.68 Å². The number of hydrogen-bond donors (Lipinski definition) is 1. The number of nitrogens with one attached hydrogen (secondary N) is 1. The molecule has 0 bridgehead atoms. The number of methoxy groups -OCH3 is 1. The van der Waals surface area contributed by atoms with Crippen LogP contribution < -0.4 is 10.1 Å². The molecule has 3 atom stereocenters. The zero-order valence-corrected chi connectivity index (χ0v) is 12.8. The Morgan fingerprint density at radius 1 is 1.42 bits per heavy atom. The summed E-state index contributed by atoms with van der Waals surface area (Å²) in [7, 11) is 3.78. The van der Waals surface area contributed by atoms with Crippen LogP contribution in [0.5, 0.6) is 5.75 Å². The van der Waals surface area contributed by atoms with E-state index < -0.39 is 0 Å². The van der Waals surface area contributed by atoms with Crippen molar-refractivity contribution in [2.24, 2.45) is 11.8 Å². The van der Waals surface area contributed by atoms with Crippen LogP contribution in [0.4, 0.5) is 0 Å². The second kappa shape index (κ2) is 5.95. The van der Waals surface area contributed by atoms with Crippen LogP contribution in [0.25, 0.3) is 0 Å². The van der Waals surface area contributed by atoms with Crippen molar-refractivity contribution in [1.29, 1.82) is 0 Å². The summed E-state index contributed by atoms with van der Waals surface area (Å²) < 4.78 is 7.63. The highest BCUT2D eigenvalue weighted by atomic mass is 16.5. The molecule has 0 saturated heterocycles. The molecule has 1 aliphatic rings. The van der Waals surface area contributed by atoms with Gasteiger partial charge < -0.3 is 10.1 Å². The van der Waals surface area contributed by atoms with Crippen LogP contribution in [0.15, 0.2) is 6.20 Å². The molecule has 1 aliphatic carbocycles. The number of aromatic nitrogens is 2. The van der Waals surface area contributed by atoms with Gasteiger partial charge in [-0.2, -0.15) is 5.10 Å². The monoisotopic (exact) mass is 265 g/mol. The summed E-state index contributed by atoms with van der Waals surface area (Å²) in [5.41, 5.74) is 1.21. The third kappa shape index (κ3) is 2.64. The summed E-state index contributed by atoms with van der Waals surface area (Å²) in [4.78, 5) is 0. The standard InChI is InChI=1S/C15H27N3O/c1-10(2)18-15(13(19-5)9-17-18)14(16-4)12-8-6-7-11(12)3/h9-12,14,16H,6-8H2,1-5H3. The lowest BCUT2D eigenvalue weighted by Crippen LogP contribution is -2.30. The van der Waals surface area contributed by atoms with Crippen LogP contribution in [-0.4, -0.2) is 23.9 Å². The van der Waals surface area contributed by atoms with E-state index >= 15 is 0 Å². The number of hydrogen-bond acceptors (Lipinski definition) is 3. The van der Waals surface area contributed by atoms with Crippen molar-refractivity contribution in [3.63, 3.8) is 0 Å². The van der Waals surface area contributed by atoms with E-state index in [4.69, 9.17) is 4.74 Å². The van der Waals surface area contributed by atoms with Gasteiger partial charge >= 0.3 is 0 Å². The Morgan fingerprint density at radius 3 is 2.63 bits per heavy atom. The summed E-state index contributed by atoms with van der Waals surface area (Å²) in [6, 6.07) is 0.684. The molecule has 2 rings (SSSR count). The molecule has 19 heavy (non-hydrogen) atoms. The predicted molar refractivity (Wildman–Crippen MR) is 77.5 cm³/mol. The summed E-state index contributed by atoms with van der Waals surface area (Å²) in [5.74, 6) is 2.35. The van der Waals surface area contributed by atoms with Gasteiger partial charge in [0, 0.05) is 6.04 Å². The molecular weight excluding hydrogens is 238 g/mol. The summed E-state index contributed by atoms with van der Waals surface area (Å²) in [5, 5.41) is 8.01. The van der Waals surface area contributed by atoms with E-state index in [9.17, 15) is 0 Å². The van der Waals surface area contributed by atoms with E-state index in [-0.39, 0.29) is 0 Å². The third-order valence-corrected chi connectivity index (χ3v) is 4.47. The van der Waals surface area contributed by atoms with Gasteiger partial charge in [-0.05, 0) is 39.2 Å². The lowest BCUT2D eigenvalue weighted by molar-refractivity contribution is 0.286. The zero-order valence-electron chi connectivity index (χ0n) is 12.8. The topological polar surface area (TPSA) is 39.1 Å². The molecule has 0 amide bonds. The van der Waals surface area contributed by atoms with E-state index in [1.54, 1.807) is 7.11 Å². The molecule has 0 aliphatic heterocycles. The molecule has 3 unspecified atom stereocenters. The second-order valence-electron chi connectivity index (χ2n) is 5.97. The maximum atomic E-state index is 5.53. The molecule has 108 valence electrons. The maximum Gasteiger partial charge on any atom is 0.161 e. The summed E-state index contributed by atoms with van der Waals surface area (Å²) >= 11 is 0. The van der Waals surface area contributed by atoms with Crippen molar-refractivity contribution >= 4 is 0 Å². The smallest absolute Gasteiger partial charge is 0.161 e. The minimum atomic E-state index is 0.331. The van der Waals surface area contributed by atoms with Gasteiger partial charge in [0.25, 0.3) is 0 Å². The van der Waals surface area contributed by atoms with Crippen LogP contribution in [0.1, 0.15) is 57.8 Å². The average molecular weight is 265 g/mol. The molecule has 4 heteroatoms. The SMILES string of the molecule is CNC(c1c(OC)cnn1C(C)C)C1CCCC1C. The van der Waals surface area contributed by atoms with Gasteiger partial charge in [0.15, 0.2) is 5.75 Å². The van der Waals surface area contributed by atoms with Crippen molar-refractivity contribution in [2.45, 2.75) is 52.1 Å². The van der Waals surface area contributed by atoms with Crippen molar-refractivity contribution < 1.29 is 4.74 Å².